The predicted octanol–water partition coefficient (Wildman–Crippen LogP) is 2.62. The first-order valence-corrected chi connectivity index (χ1v) is 8.61. The maximum Gasteiger partial charge on any atom is 0.251 e. The molecule has 2 aromatic carbocycles. The standard InChI is InChI=1S/C20H26N2O4/c1-4-26-17-8-6-5-7-16(17)14-21-11-12-22-20(23)15-9-10-18(24-2)19(13-15)25-3/h5-10,13,21H,4,11-12,14H2,1-3H3,(H,22,23). The highest BCUT2D eigenvalue weighted by Gasteiger charge is 2.10. The van der Waals surface area contributed by atoms with E-state index in [1.807, 2.05) is 31.2 Å². The second-order valence-electron chi connectivity index (χ2n) is 5.54. The van der Waals surface area contributed by atoms with Crippen molar-refractivity contribution in [3.8, 4) is 17.2 Å². The zero-order valence-electron chi connectivity index (χ0n) is 15.5. The number of benzene rings is 2. The highest BCUT2D eigenvalue weighted by atomic mass is 16.5. The topological polar surface area (TPSA) is 68.8 Å². The molecule has 0 bridgehead atoms. The zero-order valence-corrected chi connectivity index (χ0v) is 15.5. The van der Waals surface area contributed by atoms with Gasteiger partial charge in [0, 0.05) is 30.8 Å². The Morgan fingerprint density at radius 1 is 0.962 bits per heavy atom. The average Bonchev–Trinajstić information content (AvgIpc) is 2.68. The minimum Gasteiger partial charge on any atom is -0.494 e. The lowest BCUT2D eigenvalue weighted by Gasteiger charge is -2.12. The van der Waals surface area contributed by atoms with Crippen molar-refractivity contribution in [3.63, 3.8) is 0 Å². The zero-order chi connectivity index (χ0) is 18.8. The molecule has 0 spiro atoms. The number of amides is 1. The molecule has 140 valence electrons. The molecule has 2 aromatic rings. The van der Waals surface area contributed by atoms with Crippen LogP contribution < -0.4 is 24.8 Å². The Labute approximate surface area is 154 Å². The summed E-state index contributed by atoms with van der Waals surface area (Å²) in [5, 5.41) is 6.19. The van der Waals surface area contributed by atoms with Crippen molar-refractivity contribution in [3.05, 3.63) is 53.6 Å². The van der Waals surface area contributed by atoms with Gasteiger partial charge in [0.25, 0.3) is 5.91 Å². The fourth-order valence-electron chi connectivity index (χ4n) is 2.51. The van der Waals surface area contributed by atoms with Crippen LogP contribution >= 0.6 is 0 Å². The average molecular weight is 358 g/mol. The number of rotatable bonds is 10. The van der Waals surface area contributed by atoms with Crippen molar-refractivity contribution in [2.75, 3.05) is 33.9 Å². The van der Waals surface area contributed by atoms with Gasteiger partial charge in [-0.05, 0) is 31.2 Å². The monoisotopic (exact) mass is 358 g/mol. The first kappa shape index (κ1) is 19.6. The summed E-state index contributed by atoms with van der Waals surface area (Å²) in [6, 6.07) is 13.0. The Morgan fingerprint density at radius 2 is 1.73 bits per heavy atom. The molecule has 6 heteroatoms. The molecule has 6 nitrogen and oxygen atoms in total. The first-order valence-electron chi connectivity index (χ1n) is 8.61. The number of carbonyl (C=O) groups excluding carboxylic acids is 1. The van der Waals surface area contributed by atoms with Crippen molar-refractivity contribution in [2.45, 2.75) is 13.5 Å². The van der Waals surface area contributed by atoms with Gasteiger partial charge in [-0.1, -0.05) is 18.2 Å². The van der Waals surface area contributed by atoms with Gasteiger partial charge in [-0.2, -0.15) is 0 Å². The third-order valence-corrected chi connectivity index (χ3v) is 3.82. The molecule has 0 unspecified atom stereocenters. The van der Waals surface area contributed by atoms with E-state index in [4.69, 9.17) is 14.2 Å². The Hall–Kier alpha value is -2.73. The Morgan fingerprint density at radius 3 is 2.46 bits per heavy atom. The molecule has 0 aliphatic rings. The first-order chi connectivity index (χ1) is 12.7. The molecular weight excluding hydrogens is 332 g/mol. The van der Waals surface area contributed by atoms with Gasteiger partial charge < -0.3 is 24.8 Å². The summed E-state index contributed by atoms with van der Waals surface area (Å²) in [6.07, 6.45) is 0. The van der Waals surface area contributed by atoms with Crippen molar-refractivity contribution < 1.29 is 19.0 Å². The van der Waals surface area contributed by atoms with Crippen LogP contribution in [0.15, 0.2) is 42.5 Å². The molecule has 2 N–H and O–H groups in total. The van der Waals surface area contributed by atoms with Crippen LogP contribution in [-0.4, -0.2) is 39.8 Å². The van der Waals surface area contributed by atoms with E-state index in [-0.39, 0.29) is 5.91 Å². The van der Waals surface area contributed by atoms with Crippen molar-refractivity contribution in [1.29, 1.82) is 0 Å². The molecular formula is C20H26N2O4. The van der Waals surface area contributed by atoms with E-state index in [2.05, 4.69) is 10.6 Å². The normalized spacial score (nSPS) is 10.3. The second-order valence-corrected chi connectivity index (χ2v) is 5.54. The lowest BCUT2D eigenvalue weighted by molar-refractivity contribution is 0.0953. The maximum atomic E-state index is 12.2. The Bertz CT molecular complexity index is 719. The molecule has 26 heavy (non-hydrogen) atoms. The van der Waals surface area contributed by atoms with Crippen LogP contribution in [0.1, 0.15) is 22.8 Å². The largest absolute Gasteiger partial charge is 0.494 e. The highest BCUT2D eigenvalue weighted by Crippen LogP contribution is 2.27. The SMILES string of the molecule is CCOc1ccccc1CNCCNC(=O)c1ccc(OC)c(OC)c1. The summed E-state index contributed by atoms with van der Waals surface area (Å²) in [5.74, 6) is 1.86. The summed E-state index contributed by atoms with van der Waals surface area (Å²) < 4.78 is 16.0. The molecule has 0 heterocycles. The lowest BCUT2D eigenvalue weighted by atomic mass is 10.2. The minimum atomic E-state index is -0.150. The van der Waals surface area contributed by atoms with Crippen molar-refractivity contribution in [1.82, 2.24) is 10.6 Å². The number of para-hydroxylation sites is 1. The maximum absolute atomic E-state index is 12.2. The Balaban J connectivity index is 1.79. The molecule has 0 atom stereocenters. The summed E-state index contributed by atoms with van der Waals surface area (Å²) in [6.45, 7) is 4.46. The molecule has 0 radical (unpaired) electrons. The highest BCUT2D eigenvalue weighted by molar-refractivity contribution is 5.94. The van der Waals surface area contributed by atoms with Crippen LogP contribution in [0.4, 0.5) is 0 Å². The third-order valence-electron chi connectivity index (χ3n) is 3.82. The Kier molecular flexibility index (Phi) is 7.76. The number of carbonyl (C=O) groups is 1. The fraction of sp³-hybridized carbons (Fsp3) is 0.350. The lowest BCUT2D eigenvalue weighted by Crippen LogP contribution is -2.31. The van der Waals surface area contributed by atoms with E-state index in [0.29, 0.717) is 43.3 Å². The van der Waals surface area contributed by atoms with Crippen molar-refractivity contribution >= 4 is 5.91 Å². The summed E-state index contributed by atoms with van der Waals surface area (Å²) in [4.78, 5) is 12.2. The molecule has 2 rings (SSSR count). The second kappa shape index (κ2) is 10.3. The van der Waals surface area contributed by atoms with E-state index in [1.165, 1.54) is 0 Å². The fourth-order valence-corrected chi connectivity index (χ4v) is 2.51. The molecule has 0 fully saturated rings. The van der Waals surface area contributed by atoms with Crippen LogP contribution in [0, 0.1) is 0 Å². The van der Waals surface area contributed by atoms with Crippen molar-refractivity contribution in [2.24, 2.45) is 0 Å². The van der Waals surface area contributed by atoms with Crippen LogP contribution in [0.25, 0.3) is 0 Å². The van der Waals surface area contributed by atoms with Gasteiger partial charge in [-0.15, -0.1) is 0 Å². The van der Waals surface area contributed by atoms with E-state index >= 15 is 0 Å². The number of hydrogen-bond acceptors (Lipinski definition) is 5. The number of nitrogens with one attached hydrogen (secondary N) is 2. The summed E-state index contributed by atoms with van der Waals surface area (Å²) in [5.41, 5.74) is 1.63. The molecule has 0 aliphatic carbocycles. The minimum absolute atomic E-state index is 0.150. The molecule has 1 amide bonds. The van der Waals surface area contributed by atoms with Gasteiger partial charge >= 0.3 is 0 Å². The molecule has 0 aliphatic heterocycles. The van der Waals surface area contributed by atoms with E-state index in [1.54, 1.807) is 32.4 Å². The molecule has 0 saturated heterocycles. The predicted molar refractivity (Wildman–Crippen MR) is 101 cm³/mol. The van der Waals surface area contributed by atoms with Crippen LogP contribution in [0.5, 0.6) is 17.2 Å². The van der Waals surface area contributed by atoms with E-state index < -0.39 is 0 Å². The van der Waals surface area contributed by atoms with Gasteiger partial charge in [-0.3, -0.25) is 4.79 Å². The van der Waals surface area contributed by atoms with Gasteiger partial charge in [0.1, 0.15) is 5.75 Å². The van der Waals surface area contributed by atoms with Crippen LogP contribution in [-0.2, 0) is 6.54 Å². The van der Waals surface area contributed by atoms with E-state index in [0.717, 1.165) is 11.3 Å². The smallest absolute Gasteiger partial charge is 0.251 e. The number of hydrogen-bond donors (Lipinski definition) is 2. The summed E-state index contributed by atoms with van der Waals surface area (Å²) in [7, 11) is 3.11. The number of methoxy groups -OCH3 is 2. The van der Waals surface area contributed by atoms with Gasteiger partial charge in [-0.25, -0.2) is 0 Å². The summed E-state index contributed by atoms with van der Waals surface area (Å²) >= 11 is 0. The van der Waals surface area contributed by atoms with Gasteiger partial charge in [0.05, 0.1) is 20.8 Å². The number of ether oxygens (including phenoxy) is 3. The molecule has 0 aromatic heterocycles. The third kappa shape index (κ3) is 5.39. The van der Waals surface area contributed by atoms with Gasteiger partial charge in [0.2, 0.25) is 0 Å². The van der Waals surface area contributed by atoms with Crippen LogP contribution in [0.3, 0.4) is 0 Å². The van der Waals surface area contributed by atoms with Crippen LogP contribution in [0.2, 0.25) is 0 Å². The molecule has 0 saturated carbocycles. The van der Waals surface area contributed by atoms with Gasteiger partial charge in [0.15, 0.2) is 11.5 Å². The van der Waals surface area contributed by atoms with E-state index in [9.17, 15) is 4.79 Å². The quantitative estimate of drug-likeness (QED) is 0.639.